The molecule has 1 fully saturated rings. The van der Waals surface area contributed by atoms with Crippen molar-refractivity contribution in [2.24, 2.45) is 0 Å². The number of rotatable bonds is 7. The predicted octanol–water partition coefficient (Wildman–Crippen LogP) is 2.43. The van der Waals surface area contributed by atoms with E-state index < -0.39 is 60.5 Å². The Morgan fingerprint density at radius 3 is 2.55 bits per heavy atom. The summed E-state index contributed by atoms with van der Waals surface area (Å²) >= 11 is 1.42. The zero-order valence-electron chi connectivity index (χ0n) is 23.0. The second-order valence-corrected chi connectivity index (χ2v) is 11.1. The lowest BCUT2D eigenvalue weighted by Crippen LogP contribution is -2.53. The van der Waals surface area contributed by atoms with E-state index in [1.807, 2.05) is 6.92 Å². The summed E-state index contributed by atoms with van der Waals surface area (Å²) in [7, 11) is 0. The smallest absolute Gasteiger partial charge is 0.376 e. The molecule has 2 aromatic carbocycles. The third-order valence-corrected chi connectivity index (χ3v) is 8.06. The van der Waals surface area contributed by atoms with Crippen LogP contribution in [0.4, 0.5) is 13.2 Å². The molecule has 4 heterocycles. The Labute approximate surface area is 250 Å². The number of thiazole rings is 1. The molecule has 0 radical (unpaired) electrons. The minimum absolute atomic E-state index is 0.0496. The number of esters is 1. The largest absolute Gasteiger partial charge is 0.460 e. The fourth-order valence-electron chi connectivity index (χ4n) is 5.12. The van der Waals surface area contributed by atoms with Gasteiger partial charge in [0.2, 0.25) is 5.82 Å². The van der Waals surface area contributed by atoms with E-state index in [0.717, 1.165) is 32.0 Å². The predicted molar refractivity (Wildman–Crippen MR) is 146 cm³/mol. The molecular weight excluding hydrogens is 607 g/mol. The number of aliphatic hydroxyl groups excluding tert-OH is 3. The molecule has 0 amide bonds. The second kappa shape index (κ2) is 11.7. The zero-order chi connectivity index (χ0) is 31.3. The Balaban J connectivity index is 1.43. The molecule has 3 N–H and O–H groups in total. The zero-order valence-corrected chi connectivity index (χ0v) is 23.8. The number of carbonyl (C=O) groups is 1. The number of hydrogen-bond acceptors (Lipinski definition) is 12. The highest BCUT2D eigenvalue weighted by Crippen LogP contribution is 2.39. The molecule has 0 bridgehead atoms. The van der Waals surface area contributed by atoms with Crippen LogP contribution in [0, 0.1) is 24.4 Å². The van der Waals surface area contributed by atoms with Gasteiger partial charge in [-0.05, 0) is 44.2 Å². The van der Waals surface area contributed by atoms with E-state index in [4.69, 9.17) is 9.47 Å². The maximum atomic E-state index is 13.9. The van der Waals surface area contributed by atoms with Crippen LogP contribution in [-0.2, 0) is 9.47 Å². The third kappa shape index (κ3) is 5.11. The number of aromatic nitrogens is 7. The molecule has 6 rings (SSSR count). The van der Waals surface area contributed by atoms with E-state index in [0.29, 0.717) is 5.69 Å². The second-order valence-electron chi connectivity index (χ2n) is 9.91. The Hall–Kier alpha value is -4.29. The summed E-state index contributed by atoms with van der Waals surface area (Å²) in [5, 5.41) is 49.5. The lowest BCUT2D eigenvalue weighted by Gasteiger charge is -2.41. The highest BCUT2D eigenvalue weighted by molar-refractivity contribution is 7.18. The molecule has 0 unspecified atom stereocenters. The lowest BCUT2D eigenvalue weighted by atomic mass is 9.92. The van der Waals surface area contributed by atoms with Crippen LogP contribution in [0.15, 0.2) is 36.5 Å². The minimum atomic E-state index is -1.65. The summed E-state index contributed by atoms with van der Waals surface area (Å²) in [5.74, 6) is -5.61. The van der Waals surface area contributed by atoms with Gasteiger partial charge in [0.15, 0.2) is 23.3 Å². The van der Waals surface area contributed by atoms with E-state index in [9.17, 15) is 33.3 Å². The summed E-state index contributed by atoms with van der Waals surface area (Å²) < 4.78 is 55.5. The molecule has 5 atom stereocenters. The summed E-state index contributed by atoms with van der Waals surface area (Å²) in [6.45, 7) is 2.83. The number of nitrogens with zero attached hydrogens (tertiary/aromatic N) is 7. The minimum Gasteiger partial charge on any atom is -0.460 e. The molecule has 5 aromatic rings. The Morgan fingerprint density at radius 1 is 1.09 bits per heavy atom. The number of aliphatic hydroxyl groups is 3. The molecule has 44 heavy (non-hydrogen) atoms. The maximum absolute atomic E-state index is 13.9. The Bertz CT molecular complexity index is 1840. The van der Waals surface area contributed by atoms with Gasteiger partial charge >= 0.3 is 5.97 Å². The molecule has 230 valence electrons. The number of aryl methyl sites for hydroxylation is 1. The summed E-state index contributed by atoms with van der Waals surface area (Å²) in [5.41, 5.74) is 0.911. The van der Waals surface area contributed by atoms with Crippen molar-refractivity contribution in [2.45, 2.75) is 44.3 Å². The van der Waals surface area contributed by atoms with Gasteiger partial charge in [-0.1, -0.05) is 5.21 Å². The molecule has 13 nitrogen and oxygen atoms in total. The summed E-state index contributed by atoms with van der Waals surface area (Å²) in [6.07, 6.45) is -4.70. The van der Waals surface area contributed by atoms with Crippen LogP contribution in [0.1, 0.15) is 40.5 Å². The molecule has 0 aliphatic carbocycles. The summed E-state index contributed by atoms with van der Waals surface area (Å²) in [4.78, 5) is 17.4. The van der Waals surface area contributed by atoms with Gasteiger partial charge in [0.1, 0.15) is 36.2 Å². The first-order chi connectivity index (χ1) is 21.1. The van der Waals surface area contributed by atoms with Gasteiger partial charge in [0.05, 0.1) is 40.3 Å². The molecule has 0 saturated carbocycles. The number of halogens is 3. The average molecular weight is 632 g/mol. The van der Waals surface area contributed by atoms with E-state index in [2.05, 4.69) is 25.5 Å². The van der Waals surface area contributed by atoms with E-state index in [-0.39, 0.29) is 29.5 Å². The first kappa shape index (κ1) is 29.8. The van der Waals surface area contributed by atoms with Gasteiger partial charge < -0.3 is 24.8 Å². The number of hydrogen-bond donors (Lipinski definition) is 3. The van der Waals surface area contributed by atoms with Crippen LogP contribution in [0.2, 0.25) is 0 Å². The van der Waals surface area contributed by atoms with Crippen LogP contribution in [0.25, 0.3) is 27.2 Å². The molecule has 17 heteroatoms. The van der Waals surface area contributed by atoms with Gasteiger partial charge in [-0.2, -0.15) is 0 Å². The van der Waals surface area contributed by atoms with Crippen LogP contribution < -0.4 is 0 Å². The van der Waals surface area contributed by atoms with Gasteiger partial charge in [-0.15, -0.1) is 26.6 Å². The van der Waals surface area contributed by atoms with Gasteiger partial charge in [0, 0.05) is 5.56 Å². The normalized spacial score (nSPS) is 22.0. The quantitative estimate of drug-likeness (QED) is 0.178. The highest BCUT2D eigenvalue weighted by Gasteiger charge is 2.49. The average Bonchev–Trinajstić information content (AvgIpc) is 3.74. The lowest BCUT2D eigenvalue weighted by molar-refractivity contribution is -0.210. The monoisotopic (exact) mass is 631 g/mol. The fraction of sp³-hybridized carbons (Fsp3) is 0.333. The fourth-order valence-corrected chi connectivity index (χ4v) is 5.98. The summed E-state index contributed by atoms with van der Waals surface area (Å²) in [6, 6.07) is 5.28. The van der Waals surface area contributed by atoms with Crippen molar-refractivity contribution < 1.29 is 42.8 Å². The Kier molecular flexibility index (Phi) is 7.89. The number of benzene rings is 2. The van der Waals surface area contributed by atoms with Crippen molar-refractivity contribution in [1.29, 1.82) is 0 Å². The van der Waals surface area contributed by atoms with Crippen molar-refractivity contribution >= 4 is 27.5 Å². The molecule has 1 saturated heterocycles. The first-order valence-electron chi connectivity index (χ1n) is 13.3. The van der Waals surface area contributed by atoms with Crippen molar-refractivity contribution in [3.05, 3.63) is 70.6 Å². The topological polar surface area (TPSA) is 171 Å². The van der Waals surface area contributed by atoms with E-state index >= 15 is 0 Å². The van der Waals surface area contributed by atoms with Crippen LogP contribution >= 0.6 is 11.3 Å². The SMILES string of the molecule is CCOC(=O)c1nnc([C@@H]2O[C@H](CO)[C@H](O)[C@H](n3cc(-c4cc(F)c(F)c(F)c4)nn3)[C@H]2O)n1-c1ccc2nc(C)sc2c1. The van der Waals surface area contributed by atoms with Crippen molar-refractivity contribution in [3.8, 4) is 16.9 Å². The van der Waals surface area contributed by atoms with Gasteiger partial charge in [0.25, 0.3) is 0 Å². The van der Waals surface area contributed by atoms with Crippen molar-refractivity contribution in [2.75, 3.05) is 13.2 Å². The van der Waals surface area contributed by atoms with E-state index in [1.165, 1.54) is 22.1 Å². The van der Waals surface area contributed by atoms with Gasteiger partial charge in [-0.3, -0.25) is 4.57 Å². The van der Waals surface area contributed by atoms with Crippen LogP contribution in [0.5, 0.6) is 0 Å². The molecular formula is C27H24F3N7O6S. The number of fused-ring (bicyclic) bond motifs is 1. The standard InChI is InChI=1S/C27H24F3N7O6S/c1-3-42-27(41)26-34-33-25(37(26)13-4-5-16-19(8-13)44-11(2)31-16)24-23(40)21(22(39)18(10-38)43-24)36-9-17(32-35-36)12-6-14(28)20(30)15(29)7-12/h4-9,18,21-24,38-40H,3,10H2,1-2H3/t18-,21+,22+,23-,24-/m1/s1. The molecule has 1 aliphatic heterocycles. The maximum Gasteiger partial charge on any atom is 0.376 e. The first-order valence-corrected chi connectivity index (χ1v) is 14.1. The van der Waals surface area contributed by atoms with Crippen molar-refractivity contribution in [1.82, 2.24) is 34.7 Å². The highest BCUT2D eigenvalue weighted by atomic mass is 32.1. The van der Waals surface area contributed by atoms with Crippen LogP contribution in [0.3, 0.4) is 0 Å². The molecule has 1 aliphatic rings. The number of carbonyl (C=O) groups excluding carboxylic acids is 1. The van der Waals surface area contributed by atoms with E-state index in [1.54, 1.807) is 25.1 Å². The van der Waals surface area contributed by atoms with Gasteiger partial charge in [-0.25, -0.2) is 27.6 Å². The van der Waals surface area contributed by atoms with Crippen molar-refractivity contribution in [3.63, 3.8) is 0 Å². The van der Waals surface area contributed by atoms with Crippen LogP contribution in [-0.4, -0.2) is 87.6 Å². The third-order valence-electron chi connectivity index (χ3n) is 7.13. The molecule has 3 aromatic heterocycles. The Morgan fingerprint density at radius 2 is 1.84 bits per heavy atom. The number of ether oxygens (including phenoxy) is 2. The molecule has 0 spiro atoms.